The molecule has 0 radical (unpaired) electrons. The van der Waals surface area contributed by atoms with Crippen molar-refractivity contribution in [1.29, 1.82) is 0 Å². The molecule has 150 valence electrons. The fourth-order valence-corrected chi connectivity index (χ4v) is 4.63. The number of hydrogen-bond donors (Lipinski definition) is 2. The van der Waals surface area contributed by atoms with Crippen molar-refractivity contribution < 1.29 is 9.90 Å². The standard InChI is InChI=1S/C23H25N3O2S/c1-16-25-21(22(29-16)17-7-3-2-4-8-17)23(28)24-13-18-9-5-6-10-19(18)14-26-12-11-20(27)15-26/h2-10,20,27H,11-15H2,1H3,(H,24,28). The molecule has 6 heteroatoms. The number of carbonyl (C=O) groups excluding carboxylic acids is 1. The normalized spacial score (nSPS) is 16.8. The van der Waals surface area contributed by atoms with Gasteiger partial charge in [-0.1, -0.05) is 54.6 Å². The molecule has 0 saturated carbocycles. The van der Waals surface area contributed by atoms with Crippen LogP contribution in [0, 0.1) is 6.92 Å². The van der Waals surface area contributed by atoms with E-state index in [1.807, 2.05) is 55.5 Å². The maximum Gasteiger partial charge on any atom is 0.271 e. The van der Waals surface area contributed by atoms with Crippen LogP contribution in [0.5, 0.6) is 0 Å². The summed E-state index contributed by atoms with van der Waals surface area (Å²) in [6.07, 6.45) is 0.593. The van der Waals surface area contributed by atoms with E-state index >= 15 is 0 Å². The van der Waals surface area contributed by atoms with E-state index in [-0.39, 0.29) is 12.0 Å². The van der Waals surface area contributed by atoms with Crippen LogP contribution in [0.25, 0.3) is 10.4 Å². The molecule has 0 bridgehead atoms. The number of benzene rings is 2. The van der Waals surface area contributed by atoms with Crippen LogP contribution in [0.3, 0.4) is 0 Å². The second kappa shape index (κ2) is 8.86. The molecule has 0 aliphatic carbocycles. The molecule has 2 aromatic carbocycles. The van der Waals surface area contributed by atoms with Crippen LogP contribution < -0.4 is 5.32 Å². The quantitative estimate of drug-likeness (QED) is 0.655. The van der Waals surface area contributed by atoms with Crippen LogP contribution in [0.15, 0.2) is 54.6 Å². The van der Waals surface area contributed by atoms with Crippen molar-refractivity contribution in [3.8, 4) is 10.4 Å². The largest absolute Gasteiger partial charge is 0.392 e. The fraction of sp³-hybridized carbons (Fsp3) is 0.304. The van der Waals surface area contributed by atoms with Crippen molar-refractivity contribution in [1.82, 2.24) is 15.2 Å². The number of thiazole rings is 1. The van der Waals surface area contributed by atoms with E-state index in [1.54, 1.807) is 0 Å². The Morgan fingerprint density at radius 2 is 1.90 bits per heavy atom. The Hall–Kier alpha value is -2.54. The average Bonchev–Trinajstić information content (AvgIpc) is 3.33. The molecule has 29 heavy (non-hydrogen) atoms. The molecule has 2 N–H and O–H groups in total. The van der Waals surface area contributed by atoms with E-state index in [0.717, 1.165) is 40.5 Å². The molecule has 3 aromatic rings. The highest BCUT2D eigenvalue weighted by Crippen LogP contribution is 2.30. The number of amides is 1. The molecule has 2 heterocycles. The lowest BCUT2D eigenvalue weighted by atomic mass is 10.1. The Labute approximate surface area is 175 Å². The number of aryl methyl sites for hydroxylation is 1. The predicted molar refractivity (Wildman–Crippen MR) is 116 cm³/mol. The van der Waals surface area contributed by atoms with Gasteiger partial charge in [-0.2, -0.15) is 0 Å². The number of rotatable bonds is 6. The topological polar surface area (TPSA) is 65.5 Å². The molecule has 1 aliphatic rings. The summed E-state index contributed by atoms with van der Waals surface area (Å²) < 4.78 is 0. The molecular weight excluding hydrogens is 382 g/mol. The van der Waals surface area contributed by atoms with Crippen molar-refractivity contribution in [2.24, 2.45) is 0 Å². The lowest BCUT2D eigenvalue weighted by Gasteiger charge is -2.18. The van der Waals surface area contributed by atoms with Gasteiger partial charge in [0.05, 0.1) is 16.0 Å². The van der Waals surface area contributed by atoms with Crippen LogP contribution in [0.2, 0.25) is 0 Å². The van der Waals surface area contributed by atoms with Gasteiger partial charge in [-0.3, -0.25) is 9.69 Å². The highest BCUT2D eigenvalue weighted by Gasteiger charge is 2.21. The summed E-state index contributed by atoms with van der Waals surface area (Å²) in [5.41, 5.74) is 3.77. The summed E-state index contributed by atoms with van der Waals surface area (Å²) in [5, 5.41) is 13.7. The zero-order valence-corrected chi connectivity index (χ0v) is 17.3. The molecule has 0 spiro atoms. The van der Waals surface area contributed by atoms with E-state index in [2.05, 4.69) is 21.3 Å². The van der Waals surface area contributed by atoms with Gasteiger partial charge in [-0.25, -0.2) is 4.98 Å². The van der Waals surface area contributed by atoms with Gasteiger partial charge in [-0.15, -0.1) is 11.3 Å². The molecule has 5 nitrogen and oxygen atoms in total. The van der Waals surface area contributed by atoms with Gasteiger partial charge in [0.1, 0.15) is 5.69 Å². The minimum Gasteiger partial charge on any atom is -0.392 e. The van der Waals surface area contributed by atoms with Crippen molar-refractivity contribution in [3.63, 3.8) is 0 Å². The van der Waals surface area contributed by atoms with Crippen LogP contribution in [0.4, 0.5) is 0 Å². The molecular formula is C23H25N3O2S. The van der Waals surface area contributed by atoms with Crippen LogP contribution in [-0.4, -0.2) is 40.1 Å². The lowest BCUT2D eigenvalue weighted by molar-refractivity contribution is 0.0947. The molecule has 1 aliphatic heterocycles. The third-order valence-electron chi connectivity index (χ3n) is 5.18. The minimum absolute atomic E-state index is 0.153. The van der Waals surface area contributed by atoms with Crippen molar-refractivity contribution in [2.75, 3.05) is 13.1 Å². The number of aliphatic hydroxyl groups is 1. The average molecular weight is 408 g/mol. The SMILES string of the molecule is Cc1nc(C(=O)NCc2ccccc2CN2CCC(O)C2)c(-c2ccccc2)s1. The van der Waals surface area contributed by atoms with Gasteiger partial charge in [-0.05, 0) is 30.0 Å². The van der Waals surface area contributed by atoms with Crippen molar-refractivity contribution in [2.45, 2.75) is 32.5 Å². The number of aromatic nitrogens is 1. The zero-order chi connectivity index (χ0) is 20.2. The summed E-state index contributed by atoms with van der Waals surface area (Å²) >= 11 is 1.54. The summed E-state index contributed by atoms with van der Waals surface area (Å²) in [6, 6.07) is 18.1. The number of β-amino-alcohol motifs (C(OH)–C–C–N with tert-alkyl or cyclic N) is 1. The fourth-order valence-electron chi connectivity index (χ4n) is 3.71. The molecule has 1 saturated heterocycles. The van der Waals surface area contributed by atoms with Crippen molar-refractivity contribution in [3.05, 3.63) is 76.4 Å². The second-order valence-corrected chi connectivity index (χ2v) is 8.61. The van der Waals surface area contributed by atoms with E-state index in [4.69, 9.17) is 0 Å². The summed E-state index contributed by atoms with van der Waals surface area (Å²) in [7, 11) is 0. The molecule has 1 amide bonds. The summed E-state index contributed by atoms with van der Waals surface area (Å²) in [6.45, 7) is 4.78. The van der Waals surface area contributed by atoms with Gasteiger partial charge in [0.25, 0.3) is 5.91 Å². The van der Waals surface area contributed by atoms with E-state index in [9.17, 15) is 9.90 Å². The number of nitrogens with one attached hydrogen (secondary N) is 1. The predicted octanol–water partition coefficient (Wildman–Crippen LogP) is 3.62. The smallest absolute Gasteiger partial charge is 0.271 e. The summed E-state index contributed by atoms with van der Waals surface area (Å²) in [4.78, 5) is 20.6. The number of hydrogen-bond acceptors (Lipinski definition) is 5. The summed E-state index contributed by atoms with van der Waals surface area (Å²) in [5.74, 6) is -0.153. The first-order valence-corrected chi connectivity index (χ1v) is 10.7. The maximum atomic E-state index is 12.9. The van der Waals surface area contributed by atoms with Gasteiger partial charge < -0.3 is 10.4 Å². The Morgan fingerprint density at radius 3 is 2.62 bits per heavy atom. The maximum absolute atomic E-state index is 12.9. The zero-order valence-electron chi connectivity index (χ0n) is 16.5. The first-order valence-electron chi connectivity index (χ1n) is 9.88. The van der Waals surface area contributed by atoms with Crippen LogP contribution in [0.1, 0.15) is 33.0 Å². The van der Waals surface area contributed by atoms with Gasteiger partial charge >= 0.3 is 0 Å². The Kier molecular flexibility index (Phi) is 6.04. The molecule has 1 unspecified atom stereocenters. The monoisotopic (exact) mass is 407 g/mol. The number of aliphatic hydroxyl groups excluding tert-OH is 1. The highest BCUT2D eigenvalue weighted by atomic mass is 32.1. The molecule has 1 atom stereocenters. The first-order chi connectivity index (χ1) is 14.1. The van der Waals surface area contributed by atoms with Gasteiger partial charge in [0, 0.05) is 26.2 Å². The van der Waals surface area contributed by atoms with Gasteiger partial charge in [0.15, 0.2) is 0 Å². The van der Waals surface area contributed by atoms with Crippen LogP contribution >= 0.6 is 11.3 Å². The Balaban J connectivity index is 1.47. The number of likely N-dealkylation sites (tertiary alicyclic amines) is 1. The first kappa shape index (κ1) is 19.8. The molecule has 1 aromatic heterocycles. The minimum atomic E-state index is -0.230. The molecule has 4 rings (SSSR count). The Morgan fingerprint density at radius 1 is 1.17 bits per heavy atom. The third-order valence-corrected chi connectivity index (χ3v) is 6.20. The molecule has 1 fully saturated rings. The van der Waals surface area contributed by atoms with Gasteiger partial charge in [0.2, 0.25) is 0 Å². The Bertz CT molecular complexity index is 987. The second-order valence-electron chi connectivity index (χ2n) is 7.41. The third kappa shape index (κ3) is 4.72. The van der Waals surface area contributed by atoms with E-state index < -0.39 is 0 Å². The van der Waals surface area contributed by atoms with E-state index in [0.29, 0.717) is 18.8 Å². The van der Waals surface area contributed by atoms with Crippen molar-refractivity contribution >= 4 is 17.2 Å². The number of nitrogens with zero attached hydrogens (tertiary/aromatic N) is 2. The lowest BCUT2D eigenvalue weighted by Crippen LogP contribution is -2.26. The van der Waals surface area contributed by atoms with Crippen LogP contribution in [-0.2, 0) is 13.1 Å². The highest BCUT2D eigenvalue weighted by molar-refractivity contribution is 7.15. The number of carbonyl (C=O) groups is 1. The van der Waals surface area contributed by atoms with E-state index in [1.165, 1.54) is 16.9 Å².